The van der Waals surface area contributed by atoms with E-state index in [-0.39, 0.29) is 11.4 Å². The fourth-order valence-electron chi connectivity index (χ4n) is 3.41. The summed E-state index contributed by atoms with van der Waals surface area (Å²) < 4.78 is 2.05. The Morgan fingerprint density at radius 3 is 2.92 bits per heavy atom. The molecule has 2 aromatic rings. The summed E-state index contributed by atoms with van der Waals surface area (Å²) in [4.78, 5) is 19.1. The molecule has 138 valence electrons. The number of aryl methyl sites for hydroxylation is 2. The van der Waals surface area contributed by atoms with Gasteiger partial charge in [-0.05, 0) is 50.5 Å². The van der Waals surface area contributed by atoms with Crippen molar-refractivity contribution in [2.45, 2.75) is 39.2 Å². The smallest absolute Gasteiger partial charge is 0.251 e. The van der Waals surface area contributed by atoms with E-state index < -0.39 is 0 Å². The molecule has 1 aromatic carbocycles. The van der Waals surface area contributed by atoms with Gasteiger partial charge in [0.25, 0.3) is 5.91 Å². The molecule has 0 saturated heterocycles. The quantitative estimate of drug-likeness (QED) is 0.892. The maximum atomic E-state index is 12.4. The van der Waals surface area contributed by atoms with E-state index in [0.717, 1.165) is 34.8 Å². The van der Waals surface area contributed by atoms with Gasteiger partial charge in [0.1, 0.15) is 0 Å². The van der Waals surface area contributed by atoms with Crippen LogP contribution in [0.2, 0.25) is 0 Å². The highest BCUT2D eigenvalue weighted by atomic mass is 16.1. The first-order valence-corrected chi connectivity index (χ1v) is 9.19. The normalized spacial score (nSPS) is 18.5. The first kappa shape index (κ1) is 18.2. The Balaban J connectivity index is 1.97. The summed E-state index contributed by atoms with van der Waals surface area (Å²) in [6.45, 7) is 7.06. The first-order valence-electron chi connectivity index (χ1n) is 9.19. The van der Waals surface area contributed by atoms with Crippen LogP contribution in [0, 0.1) is 6.92 Å². The van der Waals surface area contributed by atoms with Crippen LogP contribution in [0.1, 0.15) is 42.6 Å². The molecule has 5 nitrogen and oxygen atoms in total. The third-order valence-corrected chi connectivity index (χ3v) is 5.30. The van der Waals surface area contributed by atoms with Crippen LogP contribution in [-0.2, 0) is 7.05 Å². The zero-order valence-corrected chi connectivity index (χ0v) is 16.3. The molecule has 26 heavy (non-hydrogen) atoms. The maximum Gasteiger partial charge on any atom is 0.251 e. The molecule has 0 saturated carbocycles. The zero-order chi connectivity index (χ0) is 18.9. The van der Waals surface area contributed by atoms with Crippen molar-refractivity contribution in [3.05, 3.63) is 46.4 Å². The number of benzene rings is 1. The number of rotatable bonds is 5. The summed E-state index contributed by atoms with van der Waals surface area (Å²) >= 11 is 0. The lowest BCUT2D eigenvalue weighted by atomic mass is 9.90. The Morgan fingerprint density at radius 2 is 2.19 bits per heavy atom. The largest absolute Gasteiger partial charge is 0.365 e. The lowest BCUT2D eigenvalue weighted by Crippen LogP contribution is -2.48. The van der Waals surface area contributed by atoms with Crippen molar-refractivity contribution in [3.8, 4) is 0 Å². The van der Waals surface area contributed by atoms with Gasteiger partial charge in [-0.25, -0.2) is 4.98 Å². The van der Waals surface area contributed by atoms with Crippen molar-refractivity contribution in [3.63, 3.8) is 0 Å². The molecule has 1 amide bonds. The molecule has 0 fully saturated rings. The lowest BCUT2D eigenvalue weighted by Gasteiger charge is -2.39. The van der Waals surface area contributed by atoms with Gasteiger partial charge in [0.05, 0.1) is 22.6 Å². The second-order valence-corrected chi connectivity index (χ2v) is 7.35. The van der Waals surface area contributed by atoms with Crippen LogP contribution in [-0.4, -0.2) is 34.6 Å². The molecule has 1 heterocycles. The van der Waals surface area contributed by atoms with Crippen LogP contribution < -0.4 is 20.9 Å². The van der Waals surface area contributed by atoms with E-state index in [2.05, 4.69) is 59.7 Å². The standard InChI is InChI=1S/C21H28N4O/c1-6-11-22-20(26)16-8-7-15(2)18(12-16)25(5)21(3)10-9-17-19(13-21)24(4)14-23-17/h7-9,12-14H,6,10-11H2,1-5H3,(H,22,26). The minimum absolute atomic E-state index is 0.0141. The Morgan fingerprint density at radius 1 is 1.42 bits per heavy atom. The molecule has 0 spiro atoms. The van der Waals surface area contributed by atoms with Gasteiger partial charge in [-0.2, -0.15) is 0 Å². The van der Waals surface area contributed by atoms with Crippen molar-refractivity contribution in [1.82, 2.24) is 14.9 Å². The summed E-state index contributed by atoms with van der Waals surface area (Å²) in [5.74, 6) is -0.0141. The average Bonchev–Trinajstić information content (AvgIpc) is 2.99. The molecular weight excluding hydrogens is 324 g/mol. The predicted molar refractivity (Wildman–Crippen MR) is 107 cm³/mol. The minimum Gasteiger partial charge on any atom is -0.365 e. The summed E-state index contributed by atoms with van der Waals surface area (Å²) in [7, 11) is 4.12. The highest BCUT2D eigenvalue weighted by molar-refractivity contribution is 5.95. The van der Waals surface area contributed by atoms with E-state index in [1.807, 2.05) is 31.6 Å². The summed E-state index contributed by atoms with van der Waals surface area (Å²) in [5, 5.41) is 5.14. The Labute approximate surface area is 155 Å². The van der Waals surface area contributed by atoms with Crippen LogP contribution in [0.3, 0.4) is 0 Å². The van der Waals surface area contributed by atoms with Gasteiger partial charge >= 0.3 is 0 Å². The second kappa shape index (κ2) is 6.98. The third-order valence-electron chi connectivity index (χ3n) is 5.30. The molecule has 0 radical (unpaired) electrons. The summed E-state index contributed by atoms with van der Waals surface area (Å²) in [5.41, 5.74) is 2.76. The van der Waals surface area contributed by atoms with Crippen LogP contribution in [0.15, 0.2) is 24.5 Å². The fraction of sp³-hybridized carbons (Fsp3) is 0.429. The third kappa shape index (κ3) is 3.26. The first-order chi connectivity index (χ1) is 12.4. The van der Waals surface area contributed by atoms with E-state index in [1.165, 1.54) is 0 Å². The number of nitrogens with zero attached hydrogens (tertiary/aromatic N) is 3. The zero-order valence-electron chi connectivity index (χ0n) is 16.3. The van der Waals surface area contributed by atoms with Gasteiger partial charge in [0, 0.05) is 31.9 Å². The Kier molecular flexibility index (Phi) is 4.90. The monoisotopic (exact) mass is 352 g/mol. The number of hydrogen-bond acceptors (Lipinski definition) is 3. The topological polar surface area (TPSA) is 50.2 Å². The molecule has 0 aliphatic heterocycles. The fourth-order valence-corrected chi connectivity index (χ4v) is 3.41. The van der Waals surface area contributed by atoms with E-state index in [4.69, 9.17) is 0 Å². The van der Waals surface area contributed by atoms with Crippen molar-refractivity contribution < 1.29 is 4.79 Å². The van der Waals surface area contributed by atoms with Crippen LogP contribution >= 0.6 is 0 Å². The van der Waals surface area contributed by atoms with E-state index >= 15 is 0 Å². The lowest BCUT2D eigenvalue weighted by molar-refractivity contribution is 0.0953. The van der Waals surface area contributed by atoms with Crippen LogP contribution in [0.5, 0.6) is 0 Å². The minimum atomic E-state index is -0.177. The summed E-state index contributed by atoms with van der Waals surface area (Å²) in [6.07, 6.45) is 8.13. The molecule has 1 aromatic heterocycles. The number of hydrogen-bond donors (Lipinski definition) is 1. The molecule has 1 N–H and O–H groups in total. The van der Waals surface area contributed by atoms with Crippen molar-refractivity contribution in [2.24, 2.45) is 7.05 Å². The molecule has 5 heteroatoms. The Hall–Kier alpha value is -2.56. The number of nitrogens with one attached hydrogen (secondary N) is 1. The number of carbonyl (C=O) groups is 1. The van der Waals surface area contributed by atoms with Gasteiger partial charge in [-0.1, -0.05) is 19.1 Å². The molecule has 1 aliphatic carbocycles. The molecule has 1 atom stereocenters. The van der Waals surface area contributed by atoms with E-state index in [9.17, 15) is 4.79 Å². The number of imidazole rings is 1. The predicted octanol–water partition coefficient (Wildman–Crippen LogP) is 1.73. The number of fused-ring (bicyclic) bond motifs is 1. The van der Waals surface area contributed by atoms with Gasteiger partial charge in [-0.15, -0.1) is 0 Å². The van der Waals surface area contributed by atoms with Gasteiger partial charge < -0.3 is 14.8 Å². The number of aromatic nitrogens is 2. The van der Waals surface area contributed by atoms with Crippen LogP contribution in [0.25, 0.3) is 12.2 Å². The highest BCUT2D eigenvalue weighted by Gasteiger charge is 2.29. The molecule has 0 bridgehead atoms. The number of amides is 1. The second-order valence-electron chi connectivity index (χ2n) is 7.35. The number of anilines is 1. The van der Waals surface area contributed by atoms with Gasteiger partial charge in [0.2, 0.25) is 0 Å². The van der Waals surface area contributed by atoms with Crippen molar-refractivity contribution in [1.29, 1.82) is 0 Å². The van der Waals surface area contributed by atoms with Crippen molar-refractivity contribution in [2.75, 3.05) is 18.5 Å². The molecule has 1 unspecified atom stereocenters. The van der Waals surface area contributed by atoms with E-state index in [0.29, 0.717) is 12.1 Å². The molecular formula is C21H28N4O. The van der Waals surface area contributed by atoms with Gasteiger partial charge in [-0.3, -0.25) is 4.79 Å². The highest BCUT2D eigenvalue weighted by Crippen LogP contribution is 2.31. The van der Waals surface area contributed by atoms with Crippen molar-refractivity contribution >= 4 is 23.7 Å². The molecule has 3 rings (SSSR count). The number of carbonyl (C=O) groups excluding carboxylic acids is 1. The maximum absolute atomic E-state index is 12.4. The SMILES string of the molecule is CCCNC(=O)c1ccc(C)c(N(C)C2(C)C=c3c(ncn3C)=CC2)c1. The van der Waals surface area contributed by atoms with Gasteiger partial charge in [0.15, 0.2) is 0 Å². The van der Waals surface area contributed by atoms with E-state index in [1.54, 1.807) is 0 Å². The molecule has 1 aliphatic rings. The average molecular weight is 352 g/mol. The Bertz CT molecular complexity index is 943. The summed E-state index contributed by atoms with van der Waals surface area (Å²) in [6, 6.07) is 5.92. The van der Waals surface area contributed by atoms with Crippen LogP contribution in [0.4, 0.5) is 5.69 Å².